The highest BCUT2D eigenvalue weighted by Crippen LogP contribution is 2.29. The van der Waals surface area contributed by atoms with Crippen LogP contribution in [0.3, 0.4) is 0 Å². The Morgan fingerprint density at radius 2 is 1.93 bits per heavy atom. The average Bonchev–Trinajstić information content (AvgIpc) is 3.09. The molecule has 3 rings (SSSR count). The van der Waals surface area contributed by atoms with E-state index in [1.54, 1.807) is 11.4 Å². The molecule has 0 aliphatic rings. The van der Waals surface area contributed by atoms with Gasteiger partial charge in [0.15, 0.2) is 5.13 Å². The number of rotatable bonds is 5. The van der Waals surface area contributed by atoms with E-state index in [0.29, 0.717) is 16.5 Å². The van der Waals surface area contributed by atoms with Crippen molar-refractivity contribution in [1.29, 1.82) is 0 Å². The third-order valence-electron chi connectivity index (χ3n) is 3.53. The molecule has 1 aromatic heterocycles. The van der Waals surface area contributed by atoms with Crippen molar-refractivity contribution >= 4 is 45.7 Å². The summed E-state index contributed by atoms with van der Waals surface area (Å²) in [5.74, 6) is -0.984. The molecule has 2 amide bonds. The summed E-state index contributed by atoms with van der Waals surface area (Å²) >= 11 is 1.30. The molecule has 0 unspecified atom stereocenters. The van der Waals surface area contributed by atoms with Gasteiger partial charge in [-0.15, -0.1) is 11.3 Å². The van der Waals surface area contributed by atoms with Gasteiger partial charge in [0.25, 0.3) is 0 Å². The Morgan fingerprint density at radius 1 is 1.15 bits per heavy atom. The largest absolute Gasteiger partial charge is 0.322 e. The zero-order valence-electron chi connectivity index (χ0n) is 14.4. The van der Waals surface area contributed by atoms with Gasteiger partial charge in [0.1, 0.15) is 5.82 Å². The number of aromatic nitrogens is 1. The molecule has 1 heterocycles. The number of nitrogens with zero attached hydrogens (tertiary/aromatic N) is 2. The third kappa shape index (κ3) is 4.86. The zero-order chi connectivity index (χ0) is 19.2. The van der Waals surface area contributed by atoms with Crippen LogP contribution >= 0.6 is 11.3 Å². The molecule has 1 N–H and O–H groups in total. The molecule has 27 heavy (non-hydrogen) atoms. The quantitative estimate of drug-likeness (QED) is 0.656. The molecule has 2 aromatic carbocycles. The summed E-state index contributed by atoms with van der Waals surface area (Å²) in [6, 6.07) is 14.9. The fourth-order valence-corrected chi connectivity index (χ4v) is 3.23. The van der Waals surface area contributed by atoms with Gasteiger partial charge < -0.3 is 5.32 Å². The second-order valence-corrected chi connectivity index (χ2v) is 6.41. The Hall–Kier alpha value is -3.32. The molecule has 0 saturated carbocycles. The zero-order valence-corrected chi connectivity index (χ0v) is 15.2. The van der Waals surface area contributed by atoms with Gasteiger partial charge in [-0.2, -0.15) is 0 Å². The van der Waals surface area contributed by atoms with Crippen molar-refractivity contribution in [2.45, 2.75) is 6.92 Å². The van der Waals surface area contributed by atoms with E-state index in [1.807, 2.05) is 30.3 Å². The first kappa shape index (κ1) is 18.5. The summed E-state index contributed by atoms with van der Waals surface area (Å²) in [5.41, 5.74) is 1.64. The first-order chi connectivity index (χ1) is 13.0. The number of amides is 2. The first-order valence-electron chi connectivity index (χ1n) is 8.09. The van der Waals surface area contributed by atoms with Crippen molar-refractivity contribution in [3.05, 3.63) is 77.6 Å². The smallest absolute Gasteiger partial charge is 0.248 e. The third-order valence-corrected chi connectivity index (χ3v) is 4.37. The molecular formula is C20H16FN3O2S. The second kappa shape index (κ2) is 8.37. The number of halogens is 1. The van der Waals surface area contributed by atoms with Crippen LogP contribution in [0.1, 0.15) is 12.6 Å². The lowest BCUT2D eigenvalue weighted by atomic mass is 10.3. The molecule has 0 bridgehead atoms. The molecule has 0 saturated heterocycles. The van der Waals surface area contributed by atoms with E-state index in [-0.39, 0.29) is 5.91 Å². The highest BCUT2D eigenvalue weighted by molar-refractivity contribution is 7.14. The molecule has 0 fully saturated rings. The molecule has 0 atom stereocenters. The molecule has 136 valence electrons. The van der Waals surface area contributed by atoms with Crippen LogP contribution < -0.4 is 10.2 Å². The minimum Gasteiger partial charge on any atom is -0.322 e. The van der Waals surface area contributed by atoms with Crippen LogP contribution in [0.25, 0.3) is 6.08 Å². The predicted octanol–water partition coefficient (Wildman–Crippen LogP) is 4.62. The van der Waals surface area contributed by atoms with Gasteiger partial charge in [0.05, 0.1) is 11.4 Å². The van der Waals surface area contributed by atoms with Crippen molar-refractivity contribution < 1.29 is 14.0 Å². The van der Waals surface area contributed by atoms with E-state index < -0.39 is 11.7 Å². The second-order valence-electron chi connectivity index (χ2n) is 5.58. The van der Waals surface area contributed by atoms with Gasteiger partial charge in [-0.1, -0.05) is 24.3 Å². The molecule has 0 aliphatic heterocycles. The summed E-state index contributed by atoms with van der Waals surface area (Å²) in [6.07, 6.45) is 2.85. The lowest BCUT2D eigenvalue weighted by Crippen LogP contribution is -2.22. The van der Waals surface area contributed by atoms with Gasteiger partial charge in [0, 0.05) is 24.1 Å². The maximum Gasteiger partial charge on any atom is 0.248 e. The number of carbonyl (C=O) groups excluding carboxylic acids is 2. The topological polar surface area (TPSA) is 62.3 Å². The summed E-state index contributed by atoms with van der Waals surface area (Å²) in [4.78, 5) is 29.9. The van der Waals surface area contributed by atoms with Crippen molar-refractivity contribution in [3.8, 4) is 0 Å². The van der Waals surface area contributed by atoms with E-state index in [0.717, 1.165) is 5.69 Å². The number of nitrogens with one attached hydrogen (secondary N) is 1. The molecule has 0 spiro atoms. The Balaban J connectivity index is 1.72. The molecule has 0 radical (unpaired) electrons. The van der Waals surface area contributed by atoms with Gasteiger partial charge >= 0.3 is 0 Å². The Morgan fingerprint density at radius 3 is 2.63 bits per heavy atom. The maximum absolute atomic E-state index is 13.1. The Labute approximate surface area is 159 Å². The lowest BCUT2D eigenvalue weighted by molar-refractivity contribution is -0.116. The molecular weight excluding hydrogens is 365 g/mol. The van der Waals surface area contributed by atoms with Crippen molar-refractivity contribution in [3.63, 3.8) is 0 Å². The highest BCUT2D eigenvalue weighted by atomic mass is 32.1. The number of benzene rings is 2. The number of thiazole rings is 1. The van der Waals surface area contributed by atoms with Crippen LogP contribution in [0.5, 0.6) is 0 Å². The van der Waals surface area contributed by atoms with Crippen molar-refractivity contribution in [1.82, 2.24) is 4.98 Å². The molecule has 7 heteroatoms. The van der Waals surface area contributed by atoms with Crippen LogP contribution in [0.4, 0.5) is 20.9 Å². The molecule has 5 nitrogen and oxygen atoms in total. The van der Waals surface area contributed by atoms with Crippen molar-refractivity contribution in [2.75, 3.05) is 10.2 Å². The van der Waals surface area contributed by atoms with Gasteiger partial charge in [0.2, 0.25) is 11.8 Å². The molecule has 0 aliphatic carbocycles. The first-order valence-corrected chi connectivity index (χ1v) is 8.97. The number of hydrogen-bond acceptors (Lipinski definition) is 4. The standard InChI is InChI=1S/C20H16FN3O2S/c1-14(25)24(18-8-3-2-4-9-18)20-23-17(13-27-20)10-11-19(26)22-16-7-5-6-15(21)12-16/h2-13H,1H3,(H,22,26). The summed E-state index contributed by atoms with van der Waals surface area (Å²) in [5, 5.41) is 4.84. The van der Waals surface area contributed by atoms with E-state index in [2.05, 4.69) is 10.3 Å². The van der Waals surface area contributed by atoms with Crippen LogP contribution in [0.15, 0.2) is 66.1 Å². The van der Waals surface area contributed by atoms with E-state index in [4.69, 9.17) is 0 Å². The van der Waals surface area contributed by atoms with Crippen LogP contribution in [0, 0.1) is 5.82 Å². The summed E-state index contributed by atoms with van der Waals surface area (Å²) in [6.45, 7) is 1.47. The predicted molar refractivity (Wildman–Crippen MR) is 105 cm³/mol. The lowest BCUT2D eigenvalue weighted by Gasteiger charge is -2.17. The summed E-state index contributed by atoms with van der Waals surface area (Å²) in [7, 11) is 0. The summed E-state index contributed by atoms with van der Waals surface area (Å²) < 4.78 is 13.1. The number of hydrogen-bond donors (Lipinski definition) is 1. The average molecular weight is 381 g/mol. The molecule has 3 aromatic rings. The Kier molecular flexibility index (Phi) is 5.73. The monoisotopic (exact) mass is 381 g/mol. The van der Waals surface area contributed by atoms with Gasteiger partial charge in [-0.25, -0.2) is 9.37 Å². The van der Waals surface area contributed by atoms with Gasteiger partial charge in [-0.3, -0.25) is 14.5 Å². The van der Waals surface area contributed by atoms with E-state index >= 15 is 0 Å². The number of anilines is 3. The van der Waals surface area contributed by atoms with Crippen LogP contribution in [0.2, 0.25) is 0 Å². The van der Waals surface area contributed by atoms with Crippen LogP contribution in [-0.4, -0.2) is 16.8 Å². The fourth-order valence-electron chi connectivity index (χ4n) is 2.37. The minimum absolute atomic E-state index is 0.157. The SMILES string of the molecule is CC(=O)N(c1ccccc1)c1nc(C=CC(=O)Nc2cccc(F)c2)cs1. The normalized spacial score (nSPS) is 10.7. The van der Waals surface area contributed by atoms with E-state index in [1.165, 1.54) is 53.5 Å². The van der Waals surface area contributed by atoms with Gasteiger partial charge in [-0.05, 0) is 36.4 Å². The highest BCUT2D eigenvalue weighted by Gasteiger charge is 2.17. The fraction of sp³-hybridized carbons (Fsp3) is 0.0500. The van der Waals surface area contributed by atoms with E-state index in [9.17, 15) is 14.0 Å². The Bertz CT molecular complexity index is 986. The minimum atomic E-state index is -0.425. The van der Waals surface area contributed by atoms with Crippen molar-refractivity contribution in [2.24, 2.45) is 0 Å². The number of carbonyl (C=O) groups is 2. The maximum atomic E-state index is 13.1. The number of para-hydroxylation sites is 1. The van der Waals surface area contributed by atoms with Crippen LogP contribution in [-0.2, 0) is 9.59 Å².